The summed E-state index contributed by atoms with van der Waals surface area (Å²) < 4.78 is 0. The Hall–Kier alpha value is -2.57. The van der Waals surface area contributed by atoms with Gasteiger partial charge in [0.2, 0.25) is 0 Å². The van der Waals surface area contributed by atoms with Crippen LogP contribution in [0.25, 0.3) is 0 Å². The maximum atomic E-state index is 12.5. The molecule has 3 rings (SSSR count). The molecule has 6 nitrogen and oxygen atoms in total. The summed E-state index contributed by atoms with van der Waals surface area (Å²) in [6.07, 6.45) is 1.21. The van der Waals surface area contributed by atoms with Crippen molar-refractivity contribution in [3.63, 3.8) is 0 Å². The molecule has 0 spiro atoms. The van der Waals surface area contributed by atoms with Crippen LogP contribution in [-0.2, 0) is 6.42 Å². The van der Waals surface area contributed by atoms with Crippen molar-refractivity contribution in [2.45, 2.75) is 18.9 Å². The highest BCUT2D eigenvalue weighted by molar-refractivity contribution is 5.99. The van der Waals surface area contributed by atoms with Crippen molar-refractivity contribution in [2.75, 3.05) is 26.2 Å². The van der Waals surface area contributed by atoms with Gasteiger partial charge in [-0.1, -0.05) is 42.5 Å². The zero-order valence-electron chi connectivity index (χ0n) is 14.6. The van der Waals surface area contributed by atoms with E-state index < -0.39 is 4.92 Å². The first-order valence-electron chi connectivity index (χ1n) is 8.90. The molecule has 0 saturated carbocycles. The largest absolute Gasteiger partial charge is 0.314 e. The molecule has 0 bridgehead atoms. The fourth-order valence-electron chi connectivity index (χ4n) is 3.43. The van der Waals surface area contributed by atoms with Gasteiger partial charge in [-0.05, 0) is 18.1 Å². The third kappa shape index (κ3) is 4.53. The van der Waals surface area contributed by atoms with Gasteiger partial charge in [0, 0.05) is 44.7 Å². The minimum absolute atomic E-state index is 0.112. The number of carbonyl (C=O) groups is 1. The fraction of sp³-hybridized carbons (Fsp3) is 0.350. The number of ketones is 1. The number of hydrogen-bond acceptors (Lipinski definition) is 5. The molecular formula is C20H23N3O3. The second kappa shape index (κ2) is 8.69. The van der Waals surface area contributed by atoms with Gasteiger partial charge in [0.05, 0.1) is 10.5 Å². The predicted octanol–water partition coefficient (Wildman–Crippen LogP) is 2.68. The number of nitro groups is 1. The van der Waals surface area contributed by atoms with E-state index in [0.29, 0.717) is 12.6 Å². The summed E-state index contributed by atoms with van der Waals surface area (Å²) in [5, 5.41) is 14.5. The second-order valence-electron chi connectivity index (χ2n) is 6.53. The zero-order valence-corrected chi connectivity index (χ0v) is 14.6. The normalized spacial score (nSPS) is 17.8. The Morgan fingerprint density at radius 1 is 1.15 bits per heavy atom. The highest BCUT2D eigenvalue weighted by atomic mass is 16.6. The summed E-state index contributed by atoms with van der Waals surface area (Å²) in [7, 11) is 0. The van der Waals surface area contributed by atoms with Crippen LogP contribution in [-0.4, -0.2) is 47.8 Å². The molecule has 0 radical (unpaired) electrons. The van der Waals surface area contributed by atoms with E-state index in [1.165, 1.54) is 11.6 Å². The molecule has 1 aliphatic rings. The van der Waals surface area contributed by atoms with E-state index in [9.17, 15) is 14.9 Å². The standard InChI is InChI=1S/C20H23N3O3/c24-20(18-8-4-5-9-19(18)23(25)26)10-12-22-13-11-21-15-17(22)14-16-6-2-1-3-7-16/h1-9,17,21H,10-15H2. The minimum atomic E-state index is -0.490. The van der Waals surface area contributed by atoms with Crippen LogP contribution in [0.1, 0.15) is 22.3 Å². The second-order valence-corrected chi connectivity index (χ2v) is 6.53. The van der Waals surface area contributed by atoms with Crippen LogP contribution in [0.2, 0.25) is 0 Å². The molecule has 136 valence electrons. The van der Waals surface area contributed by atoms with Crippen molar-refractivity contribution in [2.24, 2.45) is 0 Å². The van der Waals surface area contributed by atoms with Crippen LogP contribution >= 0.6 is 0 Å². The molecule has 0 aromatic heterocycles. The number of nitrogens with zero attached hydrogens (tertiary/aromatic N) is 2. The Morgan fingerprint density at radius 3 is 2.65 bits per heavy atom. The van der Waals surface area contributed by atoms with Crippen LogP contribution in [0, 0.1) is 10.1 Å². The van der Waals surface area contributed by atoms with Gasteiger partial charge in [-0.3, -0.25) is 19.8 Å². The van der Waals surface area contributed by atoms with Gasteiger partial charge in [-0.25, -0.2) is 0 Å². The third-order valence-electron chi connectivity index (χ3n) is 4.81. The number of carbonyl (C=O) groups excluding carboxylic acids is 1. The van der Waals surface area contributed by atoms with Gasteiger partial charge < -0.3 is 5.32 Å². The van der Waals surface area contributed by atoms with Crippen molar-refractivity contribution >= 4 is 11.5 Å². The summed E-state index contributed by atoms with van der Waals surface area (Å²) in [5.74, 6) is -0.172. The Morgan fingerprint density at radius 2 is 1.88 bits per heavy atom. The van der Waals surface area contributed by atoms with Crippen LogP contribution in [0.5, 0.6) is 0 Å². The molecule has 1 unspecified atom stereocenters. The van der Waals surface area contributed by atoms with Gasteiger partial charge in [0.25, 0.3) is 5.69 Å². The highest BCUT2D eigenvalue weighted by Gasteiger charge is 2.24. The van der Waals surface area contributed by atoms with E-state index in [0.717, 1.165) is 26.1 Å². The van der Waals surface area contributed by atoms with Crippen molar-refractivity contribution in [3.8, 4) is 0 Å². The quantitative estimate of drug-likeness (QED) is 0.470. The number of nitro benzene ring substituents is 1. The first-order valence-corrected chi connectivity index (χ1v) is 8.90. The molecule has 1 heterocycles. The number of benzene rings is 2. The van der Waals surface area contributed by atoms with Crippen LogP contribution in [0.15, 0.2) is 54.6 Å². The first-order chi connectivity index (χ1) is 12.6. The third-order valence-corrected chi connectivity index (χ3v) is 4.81. The van der Waals surface area contributed by atoms with Gasteiger partial charge >= 0.3 is 0 Å². The van der Waals surface area contributed by atoms with E-state index in [4.69, 9.17) is 0 Å². The lowest BCUT2D eigenvalue weighted by atomic mass is 10.0. The molecule has 0 aliphatic carbocycles. The molecule has 0 amide bonds. The minimum Gasteiger partial charge on any atom is -0.314 e. The number of para-hydroxylation sites is 1. The Bertz CT molecular complexity index is 764. The molecule has 2 aromatic carbocycles. The average molecular weight is 353 g/mol. The topological polar surface area (TPSA) is 75.5 Å². The lowest BCUT2D eigenvalue weighted by Gasteiger charge is -2.36. The first kappa shape index (κ1) is 18.2. The molecule has 6 heteroatoms. The Balaban J connectivity index is 1.63. The highest BCUT2D eigenvalue weighted by Crippen LogP contribution is 2.20. The van der Waals surface area contributed by atoms with Gasteiger partial charge in [0.1, 0.15) is 0 Å². The van der Waals surface area contributed by atoms with E-state index in [-0.39, 0.29) is 23.5 Å². The van der Waals surface area contributed by atoms with Crippen LogP contribution in [0.3, 0.4) is 0 Å². The van der Waals surface area contributed by atoms with Crippen LogP contribution in [0.4, 0.5) is 5.69 Å². The monoisotopic (exact) mass is 353 g/mol. The fourth-order valence-corrected chi connectivity index (χ4v) is 3.43. The predicted molar refractivity (Wildman–Crippen MR) is 100 cm³/mol. The van der Waals surface area contributed by atoms with Crippen molar-refractivity contribution in [1.82, 2.24) is 10.2 Å². The summed E-state index contributed by atoms with van der Waals surface area (Å²) in [6, 6.07) is 16.8. The molecule has 26 heavy (non-hydrogen) atoms. The molecule has 1 saturated heterocycles. The molecule has 1 fully saturated rings. The number of hydrogen-bond donors (Lipinski definition) is 1. The number of Topliss-reactive ketones (excluding diaryl/α,β-unsaturated/α-hetero) is 1. The maximum Gasteiger partial charge on any atom is 0.280 e. The van der Waals surface area contributed by atoms with Crippen molar-refractivity contribution in [3.05, 3.63) is 75.8 Å². The van der Waals surface area contributed by atoms with Crippen molar-refractivity contribution < 1.29 is 9.72 Å². The SMILES string of the molecule is O=C(CCN1CCNCC1Cc1ccccc1)c1ccccc1[N+](=O)[O-]. The van der Waals surface area contributed by atoms with Gasteiger partial charge in [-0.2, -0.15) is 0 Å². The maximum absolute atomic E-state index is 12.5. The number of rotatable bonds is 7. The molecule has 2 aromatic rings. The van der Waals surface area contributed by atoms with E-state index >= 15 is 0 Å². The Labute approximate surface area is 153 Å². The summed E-state index contributed by atoms with van der Waals surface area (Å²) in [4.78, 5) is 25.5. The van der Waals surface area contributed by atoms with E-state index in [1.807, 2.05) is 18.2 Å². The molecule has 1 atom stereocenters. The van der Waals surface area contributed by atoms with Crippen molar-refractivity contribution in [1.29, 1.82) is 0 Å². The van der Waals surface area contributed by atoms with Crippen LogP contribution < -0.4 is 5.32 Å². The summed E-state index contributed by atoms with van der Waals surface area (Å²) in [6.45, 7) is 3.27. The Kier molecular flexibility index (Phi) is 6.09. The van der Waals surface area contributed by atoms with E-state index in [1.54, 1.807) is 18.2 Å². The van der Waals surface area contributed by atoms with Gasteiger partial charge in [0.15, 0.2) is 5.78 Å². The molecule has 1 N–H and O–H groups in total. The average Bonchev–Trinajstić information content (AvgIpc) is 2.68. The number of piperazine rings is 1. The molecule has 1 aliphatic heterocycles. The lowest BCUT2D eigenvalue weighted by Crippen LogP contribution is -2.52. The lowest BCUT2D eigenvalue weighted by molar-refractivity contribution is -0.385. The van der Waals surface area contributed by atoms with Gasteiger partial charge in [-0.15, -0.1) is 0 Å². The van der Waals surface area contributed by atoms with E-state index in [2.05, 4.69) is 22.3 Å². The smallest absolute Gasteiger partial charge is 0.280 e. The summed E-state index contributed by atoms with van der Waals surface area (Å²) in [5.41, 5.74) is 1.36. The molecular weight excluding hydrogens is 330 g/mol. The number of nitrogens with one attached hydrogen (secondary N) is 1. The summed E-state index contributed by atoms with van der Waals surface area (Å²) >= 11 is 0. The zero-order chi connectivity index (χ0) is 18.4.